The summed E-state index contributed by atoms with van der Waals surface area (Å²) in [5, 5.41) is 9.16. The Kier molecular flexibility index (Phi) is 7.29. The highest BCUT2D eigenvalue weighted by molar-refractivity contribution is 5.78. The third-order valence-electron chi connectivity index (χ3n) is 4.21. The van der Waals surface area contributed by atoms with E-state index in [9.17, 15) is 9.59 Å². The van der Waals surface area contributed by atoms with E-state index < -0.39 is 29.7 Å². The summed E-state index contributed by atoms with van der Waals surface area (Å²) >= 11 is 0. The van der Waals surface area contributed by atoms with Crippen molar-refractivity contribution < 1.29 is 24.2 Å². The number of carbonyl (C=O) groups is 2. The Balaban J connectivity index is 2.66. The second-order valence-corrected chi connectivity index (χ2v) is 6.70. The molecule has 6 nitrogen and oxygen atoms in total. The lowest BCUT2D eigenvalue weighted by Gasteiger charge is -2.39. The van der Waals surface area contributed by atoms with E-state index in [0.717, 1.165) is 19.3 Å². The topological polar surface area (TPSA) is 98.9 Å². The first-order valence-corrected chi connectivity index (χ1v) is 8.06. The van der Waals surface area contributed by atoms with Gasteiger partial charge >= 0.3 is 11.9 Å². The number of ether oxygens (including phenoxy) is 2. The second kappa shape index (κ2) is 8.48. The van der Waals surface area contributed by atoms with Crippen LogP contribution >= 0.6 is 0 Å². The Hall–Kier alpha value is -1.14. The SMILES string of the molecule is CC(C)COC(C)OC(=O)C(N)C1(CC(=O)O)CCCCC1. The third kappa shape index (κ3) is 5.57. The lowest BCUT2D eigenvalue weighted by molar-refractivity contribution is -0.182. The summed E-state index contributed by atoms with van der Waals surface area (Å²) in [5.41, 5.74) is 5.39. The molecule has 3 N–H and O–H groups in total. The van der Waals surface area contributed by atoms with E-state index in [1.165, 1.54) is 0 Å². The average Bonchev–Trinajstić information content (AvgIpc) is 2.44. The van der Waals surface area contributed by atoms with Crippen LogP contribution in [-0.2, 0) is 19.1 Å². The smallest absolute Gasteiger partial charge is 0.325 e. The van der Waals surface area contributed by atoms with Gasteiger partial charge in [0.15, 0.2) is 6.29 Å². The van der Waals surface area contributed by atoms with Crippen LogP contribution in [0.15, 0.2) is 0 Å². The van der Waals surface area contributed by atoms with Crippen molar-refractivity contribution in [2.45, 2.75) is 71.6 Å². The molecular weight excluding hydrogens is 286 g/mol. The van der Waals surface area contributed by atoms with E-state index in [2.05, 4.69) is 0 Å². The van der Waals surface area contributed by atoms with Gasteiger partial charge in [-0.25, -0.2) is 0 Å². The summed E-state index contributed by atoms with van der Waals surface area (Å²) in [7, 11) is 0. The molecule has 0 aromatic carbocycles. The number of hydrogen-bond acceptors (Lipinski definition) is 5. The van der Waals surface area contributed by atoms with Crippen LogP contribution in [0.4, 0.5) is 0 Å². The number of carbonyl (C=O) groups excluding carboxylic acids is 1. The number of carboxylic acids is 1. The van der Waals surface area contributed by atoms with Gasteiger partial charge in [-0.2, -0.15) is 0 Å². The van der Waals surface area contributed by atoms with E-state index in [4.69, 9.17) is 20.3 Å². The van der Waals surface area contributed by atoms with Gasteiger partial charge in [-0.15, -0.1) is 0 Å². The molecule has 6 heteroatoms. The van der Waals surface area contributed by atoms with Crippen molar-refractivity contribution in [3.8, 4) is 0 Å². The maximum absolute atomic E-state index is 12.3. The molecule has 0 heterocycles. The molecule has 0 saturated heterocycles. The Morgan fingerprint density at radius 3 is 2.27 bits per heavy atom. The van der Waals surface area contributed by atoms with Crippen LogP contribution in [0, 0.1) is 11.3 Å². The normalized spacial score (nSPS) is 20.4. The minimum Gasteiger partial charge on any atom is -0.481 e. The summed E-state index contributed by atoms with van der Waals surface area (Å²) in [6, 6.07) is -0.922. The summed E-state index contributed by atoms with van der Waals surface area (Å²) in [5.74, 6) is -1.15. The van der Waals surface area contributed by atoms with Crippen molar-refractivity contribution in [3.63, 3.8) is 0 Å². The minimum atomic E-state index is -0.922. The molecule has 0 bridgehead atoms. The predicted octanol–water partition coefficient (Wildman–Crippen LogP) is 2.30. The van der Waals surface area contributed by atoms with Gasteiger partial charge in [-0.3, -0.25) is 9.59 Å². The van der Waals surface area contributed by atoms with Gasteiger partial charge in [-0.05, 0) is 25.7 Å². The number of carboxylic acid groups (broad SMARTS) is 1. The fourth-order valence-corrected chi connectivity index (χ4v) is 3.00. The Labute approximate surface area is 132 Å². The van der Waals surface area contributed by atoms with Gasteiger partial charge < -0.3 is 20.3 Å². The lowest BCUT2D eigenvalue weighted by Crippen LogP contribution is -2.51. The zero-order chi connectivity index (χ0) is 16.8. The minimum absolute atomic E-state index is 0.0928. The number of nitrogens with two attached hydrogens (primary N) is 1. The first kappa shape index (κ1) is 18.9. The molecule has 0 spiro atoms. The molecule has 1 rings (SSSR count). The maximum atomic E-state index is 12.3. The first-order valence-electron chi connectivity index (χ1n) is 8.06. The Morgan fingerprint density at radius 1 is 1.18 bits per heavy atom. The summed E-state index contributed by atoms with van der Waals surface area (Å²) < 4.78 is 10.7. The highest BCUT2D eigenvalue weighted by Gasteiger charge is 2.44. The van der Waals surface area contributed by atoms with Crippen molar-refractivity contribution in [1.82, 2.24) is 0 Å². The maximum Gasteiger partial charge on any atom is 0.325 e. The molecule has 0 amide bonds. The molecule has 22 heavy (non-hydrogen) atoms. The largest absolute Gasteiger partial charge is 0.481 e. The van der Waals surface area contributed by atoms with E-state index >= 15 is 0 Å². The highest BCUT2D eigenvalue weighted by atomic mass is 16.7. The van der Waals surface area contributed by atoms with Gasteiger partial charge in [0.1, 0.15) is 6.04 Å². The van der Waals surface area contributed by atoms with E-state index in [1.807, 2.05) is 13.8 Å². The fourth-order valence-electron chi connectivity index (χ4n) is 3.00. The van der Waals surface area contributed by atoms with Crippen molar-refractivity contribution in [1.29, 1.82) is 0 Å². The zero-order valence-corrected chi connectivity index (χ0v) is 13.8. The predicted molar refractivity (Wildman–Crippen MR) is 82.1 cm³/mol. The summed E-state index contributed by atoms with van der Waals surface area (Å²) in [6.07, 6.45) is 3.38. The highest BCUT2D eigenvalue weighted by Crippen LogP contribution is 2.42. The van der Waals surface area contributed by atoms with E-state index in [-0.39, 0.29) is 6.42 Å². The quantitative estimate of drug-likeness (QED) is 0.527. The molecule has 2 unspecified atom stereocenters. The number of hydrogen-bond donors (Lipinski definition) is 2. The Morgan fingerprint density at radius 2 is 1.77 bits per heavy atom. The number of esters is 1. The van der Waals surface area contributed by atoms with Gasteiger partial charge in [0.05, 0.1) is 13.0 Å². The average molecular weight is 315 g/mol. The first-order chi connectivity index (χ1) is 10.3. The lowest BCUT2D eigenvalue weighted by atomic mass is 9.67. The molecule has 0 aromatic rings. The van der Waals surface area contributed by atoms with Crippen LogP contribution in [0.5, 0.6) is 0 Å². The molecule has 1 fully saturated rings. The van der Waals surface area contributed by atoms with Gasteiger partial charge in [0, 0.05) is 5.41 Å². The molecule has 1 saturated carbocycles. The van der Waals surface area contributed by atoms with Gasteiger partial charge in [0.2, 0.25) is 0 Å². The third-order valence-corrected chi connectivity index (χ3v) is 4.21. The second-order valence-electron chi connectivity index (χ2n) is 6.70. The van der Waals surface area contributed by atoms with Crippen molar-refractivity contribution in [3.05, 3.63) is 0 Å². The Bertz CT molecular complexity index is 377. The monoisotopic (exact) mass is 315 g/mol. The molecule has 1 aliphatic rings. The van der Waals surface area contributed by atoms with Crippen LogP contribution < -0.4 is 5.73 Å². The van der Waals surface area contributed by atoms with Crippen LogP contribution in [0.2, 0.25) is 0 Å². The molecule has 2 atom stereocenters. The van der Waals surface area contributed by atoms with Crippen LogP contribution in [0.1, 0.15) is 59.3 Å². The van der Waals surface area contributed by atoms with E-state index in [1.54, 1.807) is 6.92 Å². The van der Waals surface area contributed by atoms with Crippen LogP contribution in [0.3, 0.4) is 0 Å². The summed E-state index contributed by atoms with van der Waals surface area (Å²) in [4.78, 5) is 23.4. The molecular formula is C16H29NO5. The molecule has 128 valence electrons. The van der Waals surface area contributed by atoms with Crippen molar-refractivity contribution >= 4 is 11.9 Å². The van der Waals surface area contributed by atoms with Crippen molar-refractivity contribution in [2.24, 2.45) is 17.1 Å². The van der Waals surface area contributed by atoms with Crippen LogP contribution in [0.25, 0.3) is 0 Å². The molecule has 0 aromatic heterocycles. The standard InChI is InChI=1S/C16H29NO5/c1-11(2)10-21-12(3)22-15(20)14(17)16(9-13(18)19)7-5-4-6-8-16/h11-12,14H,4-10,17H2,1-3H3,(H,18,19). The zero-order valence-electron chi connectivity index (χ0n) is 13.8. The number of aliphatic carboxylic acids is 1. The van der Waals surface area contributed by atoms with Crippen LogP contribution in [-0.4, -0.2) is 36.0 Å². The van der Waals surface area contributed by atoms with Gasteiger partial charge in [0.25, 0.3) is 0 Å². The molecule has 1 aliphatic carbocycles. The number of rotatable bonds is 8. The summed E-state index contributed by atoms with van der Waals surface area (Å²) in [6.45, 7) is 6.15. The van der Waals surface area contributed by atoms with Gasteiger partial charge in [-0.1, -0.05) is 33.1 Å². The van der Waals surface area contributed by atoms with E-state index in [0.29, 0.717) is 25.4 Å². The molecule has 0 aliphatic heterocycles. The molecule has 0 radical (unpaired) electrons. The fraction of sp³-hybridized carbons (Fsp3) is 0.875. The van der Waals surface area contributed by atoms with Crippen molar-refractivity contribution in [2.75, 3.05) is 6.61 Å².